The first kappa shape index (κ1) is 8.92. The average Bonchev–Trinajstić information content (AvgIpc) is 2.47. The van der Waals surface area contributed by atoms with Crippen LogP contribution in [0.15, 0.2) is 12.3 Å². The Kier molecular flexibility index (Phi) is 1.70. The minimum atomic E-state index is -4.53. The van der Waals surface area contributed by atoms with E-state index >= 15 is 0 Å². The van der Waals surface area contributed by atoms with Crippen molar-refractivity contribution in [2.75, 3.05) is 0 Å². The molecule has 0 N–H and O–H groups in total. The summed E-state index contributed by atoms with van der Waals surface area (Å²) in [5.74, 6) is -1.10. The second-order valence-corrected chi connectivity index (χ2v) is 2.77. The Morgan fingerprint density at radius 1 is 1.29 bits per heavy atom. The summed E-state index contributed by atoms with van der Waals surface area (Å²) in [6.07, 6.45) is -3.25. The molecule has 0 atom stereocenters. The summed E-state index contributed by atoms with van der Waals surface area (Å²) in [6.45, 7) is 1.64. The van der Waals surface area contributed by atoms with Crippen LogP contribution in [-0.4, -0.2) is 19.8 Å². The first-order valence-electron chi connectivity index (χ1n) is 3.74. The van der Waals surface area contributed by atoms with Crippen LogP contribution < -0.4 is 0 Å². The molecule has 0 aliphatic heterocycles. The summed E-state index contributed by atoms with van der Waals surface area (Å²) in [4.78, 5) is 0. The van der Waals surface area contributed by atoms with Gasteiger partial charge >= 0.3 is 6.18 Å². The normalized spacial score (nSPS) is 12.3. The Bertz CT molecular complexity index is 473. The highest BCUT2D eigenvalue weighted by molar-refractivity contribution is 5.44. The lowest BCUT2D eigenvalue weighted by molar-refractivity contribution is -0.146. The molecule has 0 amide bonds. The van der Waals surface area contributed by atoms with E-state index in [2.05, 4.69) is 15.3 Å². The highest BCUT2D eigenvalue weighted by atomic mass is 19.4. The highest BCUT2D eigenvalue weighted by Gasteiger charge is 2.37. The van der Waals surface area contributed by atoms with Crippen molar-refractivity contribution >= 4 is 5.65 Å². The summed E-state index contributed by atoms with van der Waals surface area (Å²) >= 11 is 0. The topological polar surface area (TPSA) is 43.1 Å². The zero-order chi connectivity index (χ0) is 10.3. The maximum Gasteiger partial charge on any atom is 0.453 e. The SMILES string of the molecule is Cc1ccnn2c(C(F)(F)F)nnc12. The first-order valence-corrected chi connectivity index (χ1v) is 3.74. The van der Waals surface area contributed by atoms with Crippen LogP contribution >= 0.6 is 0 Å². The van der Waals surface area contributed by atoms with E-state index in [9.17, 15) is 13.2 Å². The molecular weight excluding hydrogens is 197 g/mol. The van der Waals surface area contributed by atoms with Crippen molar-refractivity contribution in [2.24, 2.45) is 0 Å². The molecule has 14 heavy (non-hydrogen) atoms. The van der Waals surface area contributed by atoms with Crippen LogP contribution in [0.25, 0.3) is 5.65 Å². The van der Waals surface area contributed by atoms with Crippen molar-refractivity contribution in [1.29, 1.82) is 0 Å². The average molecular weight is 202 g/mol. The number of fused-ring (bicyclic) bond motifs is 1. The monoisotopic (exact) mass is 202 g/mol. The second kappa shape index (κ2) is 2.66. The Hall–Kier alpha value is -1.66. The van der Waals surface area contributed by atoms with Gasteiger partial charge in [-0.25, -0.2) is 0 Å². The number of nitrogens with zero attached hydrogens (tertiary/aromatic N) is 4. The molecule has 0 unspecified atom stereocenters. The van der Waals surface area contributed by atoms with Crippen LogP contribution in [0.2, 0.25) is 0 Å². The predicted octanol–water partition coefficient (Wildman–Crippen LogP) is 1.45. The standard InChI is InChI=1S/C7H5F3N4/c1-4-2-3-11-14-5(4)12-13-6(14)7(8,9)10/h2-3H,1H3. The molecule has 0 aromatic carbocycles. The third-order valence-corrected chi connectivity index (χ3v) is 1.75. The van der Waals surface area contributed by atoms with Crippen molar-refractivity contribution in [2.45, 2.75) is 13.1 Å². The second-order valence-electron chi connectivity index (χ2n) is 2.77. The highest BCUT2D eigenvalue weighted by Crippen LogP contribution is 2.27. The quantitative estimate of drug-likeness (QED) is 0.649. The van der Waals surface area contributed by atoms with Crippen LogP contribution in [0.1, 0.15) is 11.4 Å². The Morgan fingerprint density at radius 2 is 2.00 bits per heavy atom. The van der Waals surface area contributed by atoms with Gasteiger partial charge < -0.3 is 0 Å². The van der Waals surface area contributed by atoms with Crippen LogP contribution in [0.3, 0.4) is 0 Å². The van der Waals surface area contributed by atoms with Gasteiger partial charge in [0.2, 0.25) is 0 Å². The summed E-state index contributed by atoms with van der Waals surface area (Å²) in [5, 5.41) is 10.0. The van der Waals surface area contributed by atoms with Crippen molar-refractivity contribution < 1.29 is 13.2 Å². The molecule has 0 aliphatic rings. The van der Waals surface area contributed by atoms with Gasteiger partial charge in [-0.15, -0.1) is 10.2 Å². The molecule has 0 bridgehead atoms. The van der Waals surface area contributed by atoms with Crippen molar-refractivity contribution in [3.05, 3.63) is 23.7 Å². The fourth-order valence-electron chi connectivity index (χ4n) is 1.10. The number of rotatable bonds is 0. The molecule has 4 nitrogen and oxygen atoms in total. The van der Waals surface area contributed by atoms with Gasteiger partial charge in [-0.3, -0.25) is 0 Å². The van der Waals surface area contributed by atoms with Gasteiger partial charge in [0.25, 0.3) is 5.82 Å². The van der Waals surface area contributed by atoms with Crippen molar-refractivity contribution in [3.8, 4) is 0 Å². The number of halogens is 3. The fraction of sp³-hybridized carbons (Fsp3) is 0.286. The van der Waals surface area contributed by atoms with Crippen molar-refractivity contribution in [3.63, 3.8) is 0 Å². The molecular formula is C7H5F3N4. The van der Waals surface area contributed by atoms with Gasteiger partial charge in [-0.05, 0) is 18.6 Å². The largest absolute Gasteiger partial charge is 0.453 e. The zero-order valence-electron chi connectivity index (χ0n) is 7.08. The van der Waals surface area contributed by atoms with E-state index in [1.54, 1.807) is 13.0 Å². The number of aromatic nitrogens is 4. The van der Waals surface area contributed by atoms with E-state index < -0.39 is 12.0 Å². The number of hydrogen-bond acceptors (Lipinski definition) is 3. The Morgan fingerprint density at radius 3 is 2.64 bits per heavy atom. The summed E-state index contributed by atoms with van der Waals surface area (Å²) in [6, 6.07) is 1.57. The lowest BCUT2D eigenvalue weighted by Crippen LogP contribution is -2.12. The molecule has 2 aromatic rings. The third kappa shape index (κ3) is 1.21. The van der Waals surface area contributed by atoms with Gasteiger partial charge in [0, 0.05) is 6.20 Å². The predicted molar refractivity (Wildman–Crippen MR) is 40.5 cm³/mol. The first-order chi connectivity index (χ1) is 6.50. The van der Waals surface area contributed by atoms with E-state index in [0.717, 1.165) is 0 Å². The maximum atomic E-state index is 12.3. The van der Waals surface area contributed by atoms with E-state index in [4.69, 9.17) is 0 Å². The Balaban J connectivity index is 2.76. The van der Waals surface area contributed by atoms with Gasteiger partial charge in [-0.1, -0.05) is 0 Å². The molecule has 0 aliphatic carbocycles. The van der Waals surface area contributed by atoms with Crippen molar-refractivity contribution in [1.82, 2.24) is 19.8 Å². The fourth-order valence-corrected chi connectivity index (χ4v) is 1.10. The van der Waals surface area contributed by atoms with E-state index in [1.165, 1.54) is 6.20 Å². The molecule has 2 rings (SSSR count). The molecule has 2 heterocycles. The number of alkyl halides is 3. The number of hydrogen-bond donors (Lipinski definition) is 0. The van der Waals surface area contributed by atoms with Crippen LogP contribution in [0.4, 0.5) is 13.2 Å². The zero-order valence-corrected chi connectivity index (χ0v) is 7.08. The van der Waals surface area contributed by atoms with Crippen LogP contribution in [-0.2, 0) is 6.18 Å². The molecule has 2 aromatic heterocycles. The van der Waals surface area contributed by atoms with Gasteiger partial charge in [0.1, 0.15) is 0 Å². The van der Waals surface area contributed by atoms with Crippen LogP contribution in [0.5, 0.6) is 0 Å². The molecule has 0 saturated carbocycles. The minimum Gasteiger partial charge on any atom is -0.189 e. The summed E-state index contributed by atoms with van der Waals surface area (Å²) < 4.78 is 37.6. The van der Waals surface area contributed by atoms with Crippen LogP contribution in [0, 0.1) is 6.92 Å². The van der Waals surface area contributed by atoms with E-state index in [1.807, 2.05) is 0 Å². The molecule has 0 radical (unpaired) electrons. The maximum absolute atomic E-state index is 12.3. The summed E-state index contributed by atoms with van der Waals surface area (Å²) in [5.41, 5.74) is 0.725. The molecule has 74 valence electrons. The molecule has 0 fully saturated rings. The van der Waals surface area contributed by atoms with Gasteiger partial charge in [0.05, 0.1) is 0 Å². The van der Waals surface area contributed by atoms with Gasteiger partial charge in [-0.2, -0.15) is 22.8 Å². The molecule has 7 heteroatoms. The molecule has 0 spiro atoms. The Labute approximate surface area is 76.4 Å². The summed E-state index contributed by atoms with van der Waals surface area (Å²) in [7, 11) is 0. The lowest BCUT2D eigenvalue weighted by atomic mass is 10.3. The third-order valence-electron chi connectivity index (χ3n) is 1.75. The number of aryl methyl sites for hydroxylation is 1. The lowest BCUT2D eigenvalue weighted by Gasteiger charge is -2.02. The molecule has 0 saturated heterocycles. The van der Waals surface area contributed by atoms with E-state index in [-0.39, 0.29) is 5.65 Å². The minimum absolute atomic E-state index is 0.125. The smallest absolute Gasteiger partial charge is 0.189 e. The van der Waals surface area contributed by atoms with E-state index in [0.29, 0.717) is 10.1 Å². The van der Waals surface area contributed by atoms with Gasteiger partial charge in [0.15, 0.2) is 5.65 Å².